The summed E-state index contributed by atoms with van der Waals surface area (Å²) < 4.78 is 24.7. The van der Waals surface area contributed by atoms with Gasteiger partial charge in [0.05, 0.1) is 25.6 Å². The molecule has 1 atom stereocenters. The predicted octanol–water partition coefficient (Wildman–Crippen LogP) is 4.63. The number of carbonyl (C=O) groups is 2. The molecule has 0 aliphatic rings. The lowest BCUT2D eigenvalue weighted by Crippen LogP contribution is -2.41. The molecule has 0 saturated heterocycles. The summed E-state index contributed by atoms with van der Waals surface area (Å²) in [7, 11) is 0. The third-order valence-corrected chi connectivity index (χ3v) is 5.13. The minimum Gasteiger partial charge on any atom is -0.494 e. The Morgan fingerprint density at radius 2 is 1.89 bits per heavy atom. The number of hydrogen-bond acceptors (Lipinski definition) is 6. The average Bonchev–Trinajstić information content (AvgIpc) is 3.40. The maximum Gasteiger partial charge on any atom is 0.275 e. The zero-order valence-corrected chi connectivity index (χ0v) is 18.9. The van der Waals surface area contributed by atoms with Crippen LogP contribution in [0.5, 0.6) is 5.75 Å². The number of amides is 2. The van der Waals surface area contributed by atoms with Crippen LogP contribution in [0.1, 0.15) is 34.8 Å². The van der Waals surface area contributed by atoms with Gasteiger partial charge in [0.15, 0.2) is 0 Å². The molecule has 0 spiro atoms. The van der Waals surface area contributed by atoms with Crippen LogP contribution >= 0.6 is 0 Å². The molecular weight excluding hydrogens is 451 g/mol. The van der Waals surface area contributed by atoms with Gasteiger partial charge in [-0.1, -0.05) is 18.2 Å². The number of carbonyl (C=O) groups excluding carboxylic acids is 2. The van der Waals surface area contributed by atoms with Gasteiger partial charge in [-0.2, -0.15) is 0 Å². The van der Waals surface area contributed by atoms with Crippen LogP contribution in [-0.2, 0) is 11.3 Å². The molecule has 4 rings (SSSR count). The number of nitrogens with zero attached hydrogens (tertiary/aromatic N) is 3. The number of rotatable bonds is 9. The van der Waals surface area contributed by atoms with E-state index in [4.69, 9.17) is 9.15 Å². The second-order valence-electron chi connectivity index (χ2n) is 7.47. The quantitative estimate of drug-likeness (QED) is 0.380. The molecular formula is C26H23FN4O4. The van der Waals surface area contributed by atoms with E-state index >= 15 is 0 Å². The van der Waals surface area contributed by atoms with E-state index in [1.165, 1.54) is 54.0 Å². The standard InChI is InChI=1S/C26H23FN4O4/c1-2-34-23-8-4-3-7-21(23)24(25(32)30-19-11-9-18(27)10-12-19)31(17-20-6-5-15-35-20)26(33)22-16-28-13-14-29-22/h3-16,24H,2,17H2,1H3,(H,30,32)/t24-/m1/s1. The molecule has 35 heavy (non-hydrogen) atoms. The Kier molecular flexibility index (Phi) is 7.47. The van der Waals surface area contributed by atoms with Crippen LogP contribution in [0.3, 0.4) is 0 Å². The average molecular weight is 474 g/mol. The summed E-state index contributed by atoms with van der Waals surface area (Å²) in [4.78, 5) is 36.9. The summed E-state index contributed by atoms with van der Waals surface area (Å²) >= 11 is 0. The van der Waals surface area contributed by atoms with Crippen LogP contribution < -0.4 is 10.1 Å². The first kappa shape index (κ1) is 23.6. The molecule has 2 heterocycles. The van der Waals surface area contributed by atoms with Crippen molar-refractivity contribution in [2.75, 3.05) is 11.9 Å². The minimum atomic E-state index is -1.14. The van der Waals surface area contributed by atoms with Gasteiger partial charge in [-0.05, 0) is 49.4 Å². The van der Waals surface area contributed by atoms with Gasteiger partial charge in [-0.25, -0.2) is 9.37 Å². The fourth-order valence-electron chi connectivity index (χ4n) is 3.60. The number of benzene rings is 2. The number of anilines is 1. The third-order valence-electron chi connectivity index (χ3n) is 5.13. The summed E-state index contributed by atoms with van der Waals surface area (Å²) in [6.07, 6.45) is 5.68. The summed E-state index contributed by atoms with van der Waals surface area (Å²) in [5.74, 6) is -0.563. The van der Waals surface area contributed by atoms with E-state index in [-0.39, 0.29) is 12.2 Å². The molecule has 178 valence electrons. The van der Waals surface area contributed by atoms with Gasteiger partial charge in [0.1, 0.15) is 29.1 Å². The molecule has 9 heteroatoms. The molecule has 0 radical (unpaired) electrons. The first-order chi connectivity index (χ1) is 17.1. The SMILES string of the molecule is CCOc1ccccc1[C@H](C(=O)Nc1ccc(F)cc1)N(Cc1ccco1)C(=O)c1cnccn1. The summed E-state index contributed by atoms with van der Waals surface area (Å²) in [6.45, 7) is 2.17. The van der Waals surface area contributed by atoms with Crippen molar-refractivity contribution in [1.29, 1.82) is 0 Å². The van der Waals surface area contributed by atoms with Gasteiger partial charge in [-0.15, -0.1) is 0 Å². The zero-order valence-electron chi connectivity index (χ0n) is 18.9. The lowest BCUT2D eigenvalue weighted by molar-refractivity contribution is -0.121. The Hall–Kier alpha value is -4.53. The lowest BCUT2D eigenvalue weighted by atomic mass is 10.0. The number of halogens is 1. The normalized spacial score (nSPS) is 11.5. The van der Waals surface area contributed by atoms with Crippen LogP contribution in [0.25, 0.3) is 0 Å². The minimum absolute atomic E-state index is 0.0234. The van der Waals surface area contributed by atoms with E-state index in [0.717, 1.165) is 0 Å². The monoisotopic (exact) mass is 474 g/mol. The van der Waals surface area contributed by atoms with Crippen LogP contribution in [-0.4, -0.2) is 33.3 Å². The molecule has 8 nitrogen and oxygen atoms in total. The van der Waals surface area contributed by atoms with E-state index in [9.17, 15) is 14.0 Å². The molecule has 0 fully saturated rings. The van der Waals surface area contributed by atoms with Crippen molar-refractivity contribution >= 4 is 17.5 Å². The van der Waals surface area contributed by atoms with Crippen molar-refractivity contribution in [1.82, 2.24) is 14.9 Å². The molecule has 0 unspecified atom stereocenters. The number of furan rings is 1. The molecule has 0 aliphatic carbocycles. The summed E-state index contributed by atoms with van der Waals surface area (Å²) in [6, 6.07) is 14.6. The van der Waals surface area contributed by atoms with Crippen LogP contribution in [0.4, 0.5) is 10.1 Å². The molecule has 2 amide bonds. The van der Waals surface area contributed by atoms with Crippen molar-refractivity contribution in [3.8, 4) is 5.75 Å². The summed E-state index contributed by atoms with van der Waals surface area (Å²) in [5.41, 5.74) is 0.908. The van der Waals surface area contributed by atoms with E-state index in [2.05, 4.69) is 15.3 Å². The van der Waals surface area contributed by atoms with Crippen molar-refractivity contribution in [2.24, 2.45) is 0 Å². The molecule has 2 aromatic carbocycles. The molecule has 4 aromatic rings. The third kappa shape index (κ3) is 5.70. The Bertz CT molecular complexity index is 1260. The fourth-order valence-corrected chi connectivity index (χ4v) is 3.60. The first-order valence-electron chi connectivity index (χ1n) is 10.9. The van der Waals surface area contributed by atoms with Crippen molar-refractivity contribution in [3.05, 3.63) is 108 Å². The fraction of sp³-hybridized carbons (Fsp3) is 0.154. The zero-order chi connectivity index (χ0) is 24.6. The topological polar surface area (TPSA) is 97.6 Å². The van der Waals surface area contributed by atoms with Gasteiger partial charge < -0.3 is 19.4 Å². The van der Waals surface area contributed by atoms with Gasteiger partial charge in [-0.3, -0.25) is 14.6 Å². The number of para-hydroxylation sites is 1. The highest BCUT2D eigenvalue weighted by atomic mass is 19.1. The Morgan fingerprint density at radius 3 is 2.57 bits per heavy atom. The molecule has 0 bridgehead atoms. The predicted molar refractivity (Wildman–Crippen MR) is 126 cm³/mol. The van der Waals surface area contributed by atoms with Gasteiger partial charge in [0.25, 0.3) is 11.8 Å². The highest BCUT2D eigenvalue weighted by Crippen LogP contribution is 2.33. The van der Waals surface area contributed by atoms with Crippen molar-refractivity contribution < 1.29 is 23.1 Å². The molecule has 2 aromatic heterocycles. The van der Waals surface area contributed by atoms with E-state index in [0.29, 0.717) is 29.4 Å². The van der Waals surface area contributed by atoms with Gasteiger partial charge >= 0.3 is 0 Å². The van der Waals surface area contributed by atoms with E-state index in [1.54, 1.807) is 36.4 Å². The lowest BCUT2D eigenvalue weighted by Gasteiger charge is -2.31. The van der Waals surface area contributed by atoms with Crippen LogP contribution in [0, 0.1) is 5.82 Å². The number of hydrogen-bond donors (Lipinski definition) is 1. The molecule has 0 aliphatic heterocycles. The molecule has 1 N–H and O–H groups in total. The van der Waals surface area contributed by atoms with Crippen LogP contribution in [0.15, 0.2) is 89.9 Å². The maximum atomic E-state index is 13.7. The second-order valence-corrected chi connectivity index (χ2v) is 7.47. The Morgan fingerprint density at radius 1 is 1.09 bits per heavy atom. The van der Waals surface area contributed by atoms with Gasteiger partial charge in [0.2, 0.25) is 0 Å². The van der Waals surface area contributed by atoms with E-state index in [1.807, 2.05) is 6.92 Å². The highest BCUT2D eigenvalue weighted by Gasteiger charge is 2.35. The van der Waals surface area contributed by atoms with E-state index < -0.39 is 23.7 Å². The summed E-state index contributed by atoms with van der Waals surface area (Å²) in [5, 5.41) is 2.78. The van der Waals surface area contributed by atoms with Crippen molar-refractivity contribution in [3.63, 3.8) is 0 Å². The number of aromatic nitrogens is 2. The van der Waals surface area contributed by atoms with Crippen molar-refractivity contribution in [2.45, 2.75) is 19.5 Å². The van der Waals surface area contributed by atoms with Gasteiger partial charge in [0, 0.05) is 23.6 Å². The Labute approximate surface area is 201 Å². The largest absolute Gasteiger partial charge is 0.494 e. The first-order valence-corrected chi connectivity index (χ1v) is 10.9. The van der Waals surface area contributed by atoms with Crippen LogP contribution in [0.2, 0.25) is 0 Å². The smallest absolute Gasteiger partial charge is 0.275 e. The number of ether oxygens (including phenoxy) is 1. The highest BCUT2D eigenvalue weighted by molar-refractivity contribution is 6.01. The molecule has 0 saturated carbocycles. The second kappa shape index (κ2) is 11.1. The Balaban J connectivity index is 1.81. The maximum absolute atomic E-state index is 13.7. The number of nitrogens with one attached hydrogen (secondary N) is 1.